The normalized spacial score (nSPS) is 17.7. The second-order valence-corrected chi connectivity index (χ2v) is 5.07. The Bertz CT molecular complexity index is 666. The van der Waals surface area contributed by atoms with Crippen molar-refractivity contribution >= 4 is 5.96 Å². The zero-order valence-electron chi connectivity index (χ0n) is 12.6. The summed E-state index contributed by atoms with van der Waals surface area (Å²) in [6, 6.07) is 8.11. The van der Waals surface area contributed by atoms with Gasteiger partial charge in [-0.25, -0.2) is 14.7 Å². The fourth-order valence-corrected chi connectivity index (χ4v) is 2.55. The van der Waals surface area contributed by atoms with Gasteiger partial charge in [-0.15, -0.1) is 0 Å². The van der Waals surface area contributed by atoms with Gasteiger partial charge in [0.1, 0.15) is 24.4 Å². The maximum atomic E-state index is 6.01. The van der Waals surface area contributed by atoms with Crippen LogP contribution in [-0.4, -0.2) is 27.3 Å². The molecule has 1 atom stereocenters. The fraction of sp³-hybridized carbons (Fsp3) is 0.400. The second-order valence-electron chi connectivity index (χ2n) is 5.07. The number of rotatable bonds is 4. The van der Waals surface area contributed by atoms with Crippen LogP contribution in [0.15, 0.2) is 35.6 Å². The van der Waals surface area contributed by atoms with Crippen molar-refractivity contribution in [1.29, 1.82) is 0 Å². The maximum Gasteiger partial charge on any atom is 0.189 e. The Morgan fingerprint density at radius 1 is 1.50 bits per heavy atom. The molecule has 0 aliphatic carbocycles. The van der Waals surface area contributed by atoms with Gasteiger partial charge in [0.15, 0.2) is 5.96 Å². The molecule has 0 spiro atoms. The van der Waals surface area contributed by atoms with Crippen molar-refractivity contribution in [3.05, 3.63) is 42.0 Å². The van der Waals surface area contributed by atoms with Gasteiger partial charge in [0.05, 0.1) is 12.6 Å². The van der Waals surface area contributed by atoms with E-state index in [4.69, 9.17) is 10.5 Å². The van der Waals surface area contributed by atoms with Gasteiger partial charge in [0.2, 0.25) is 0 Å². The van der Waals surface area contributed by atoms with Crippen molar-refractivity contribution in [1.82, 2.24) is 20.1 Å². The molecule has 0 saturated carbocycles. The number of ether oxygens (including phenoxy) is 1. The van der Waals surface area contributed by atoms with Gasteiger partial charge in [-0.05, 0) is 13.0 Å². The van der Waals surface area contributed by atoms with Gasteiger partial charge in [0.25, 0.3) is 0 Å². The maximum absolute atomic E-state index is 6.01. The van der Waals surface area contributed by atoms with Crippen molar-refractivity contribution < 1.29 is 4.74 Å². The summed E-state index contributed by atoms with van der Waals surface area (Å²) in [6.45, 7) is 3.87. The number of aliphatic imine (C=N–C) groups is 1. The Kier molecular flexibility index (Phi) is 4.22. The van der Waals surface area contributed by atoms with Gasteiger partial charge in [-0.1, -0.05) is 18.2 Å². The summed E-state index contributed by atoms with van der Waals surface area (Å²) in [6.07, 6.45) is 2.39. The van der Waals surface area contributed by atoms with Crippen LogP contribution in [0.5, 0.6) is 5.75 Å². The summed E-state index contributed by atoms with van der Waals surface area (Å²) in [5, 5.41) is 7.38. The molecule has 2 aromatic rings. The van der Waals surface area contributed by atoms with Crippen LogP contribution in [0.3, 0.4) is 0 Å². The number of hydrogen-bond acceptors (Lipinski definition) is 4. The minimum atomic E-state index is 0.123. The number of nitrogens with two attached hydrogens (primary N) is 1. The molecule has 1 aromatic carbocycles. The van der Waals surface area contributed by atoms with Gasteiger partial charge >= 0.3 is 0 Å². The third kappa shape index (κ3) is 3.03. The summed E-state index contributed by atoms with van der Waals surface area (Å²) in [5.74, 6) is 2.12. The van der Waals surface area contributed by atoms with Crippen LogP contribution in [0.1, 0.15) is 30.8 Å². The number of aromatic nitrogens is 3. The summed E-state index contributed by atoms with van der Waals surface area (Å²) in [7, 11) is 0. The van der Waals surface area contributed by atoms with Crippen LogP contribution in [-0.2, 0) is 13.1 Å². The third-order valence-corrected chi connectivity index (χ3v) is 3.67. The van der Waals surface area contributed by atoms with Gasteiger partial charge < -0.3 is 15.8 Å². The zero-order valence-corrected chi connectivity index (χ0v) is 12.6. The van der Waals surface area contributed by atoms with Crippen LogP contribution >= 0.6 is 0 Å². The minimum absolute atomic E-state index is 0.123. The minimum Gasteiger partial charge on any atom is -0.493 e. The molecular weight excluding hydrogens is 280 g/mol. The average Bonchev–Trinajstić information content (AvgIpc) is 3.01. The van der Waals surface area contributed by atoms with Crippen molar-refractivity contribution in [3.63, 3.8) is 0 Å². The predicted molar refractivity (Wildman–Crippen MR) is 83.5 cm³/mol. The van der Waals surface area contributed by atoms with E-state index >= 15 is 0 Å². The molecule has 0 radical (unpaired) electrons. The highest BCUT2D eigenvalue weighted by molar-refractivity contribution is 5.78. The van der Waals surface area contributed by atoms with E-state index in [9.17, 15) is 0 Å². The number of aryl methyl sites for hydroxylation is 1. The molecule has 2 heterocycles. The van der Waals surface area contributed by atoms with E-state index in [1.807, 2.05) is 31.2 Å². The average molecular weight is 300 g/mol. The highest BCUT2D eigenvalue weighted by Crippen LogP contribution is 2.31. The molecule has 1 aliphatic rings. The molecule has 1 aliphatic heterocycles. The number of hydrogen-bond donors (Lipinski definition) is 2. The van der Waals surface area contributed by atoms with Crippen LogP contribution in [0.2, 0.25) is 0 Å². The lowest BCUT2D eigenvalue weighted by atomic mass is 10.0. The molecule has 3 N–H and O–H groups in total. The van der Waals surface area contributed by atoms with Crippen molar-refractivity contribution in [2.24, 2.45) is 10.7 Å². The predicted octanol–water partition coefficient (Wildman–Crippen LogP) is 1.23. The Morgan fingerprint density at radius 2 is 2.36 bits per heavy atom. The van der Waals surface area contributed by atoms with Crippen LogP contribution in [0, 0.1) is 0 Å². The summed E-state index contributed by atoms with van der Waals surface area (Å²) in [4.78, 5) is 8.54. The first-order valence-corrected chi connectivity index (χ1v) is 7.42. The summed E-state index contributed by atoms with van der Waals surface area (Å²) < 4.78 is 7.45. The monoisotopic (exact) mass is 300 g/mol. The topological polar surface area (TPSA) is 90.4 Å². The van der Waals surface area contributed by atoms with E-state index in [1.54, 1.807) is 4.68 Å². The molecule has 22 heavy (non-hydrogen) atoms. The zero-order chi connectivity index (χ0) is 15.4. The fourth-order valence-electron chi connectivity index (χ4n) is 2.55. The Labute approximate surface area is 129 Å². The number of nitrogens with one attached hydrogen (secondary N) is 1. The van der Waals surface area contributed by atoms with Gasteiger partial charge in [-0.2, -0.15) is 5.10 Å². The lowest BCUT2D eigenvalue weighted by molar-refractivity contribution is 0.262. The molecule has 116 valence electrons. The van der Waals surface area contributed by atoms with Crippen molar-refractivity contribution in [3.8, 4) is 5.75 Å². The van der Waals surface area contributed by atoms with Crippen molar-refractivity contribution in [2.75, 3.05) is 6.61 Å². The third-order valence-electron chi connectivity index (χ3n) is 3.67. The van der Waals surface area contributed by atoms with Crippen LogP contribution < -0.4 is 15.8 Å². The van der Waals surface area contributed by atoms with E-state index in [-0.39, 0.29) is 6.04 Å². The molecule has 0 saturated heterocycles. The van der Waals surface area contributed by atoms with Gasteiger partial charge in [-0.3, -0.25) is 0 Å². The Hall–Kier alpha value is -2.57. The van der Waals surface area contributed by atoms with Gasteiger partial charge in [0, 0.05) is 18.5 Å². The quantitative estimate of drug-likeness (QED) is 0.654. The number of guanidine groups is 1. The van der Waals surface area contributed by atoms with Crippen LogP contribution in [0.25, 0.3) is 0 Å². The summed E-state index contributed by atoms with van der Waals surface area (Å²) >= 11 is 0. The highest BCUT2D eigenvalue weighted by Gasteiger charge is 2.21. The lowest BCUT2D eigenvalue weighted by Gasteiger charge is -2.26. The molecule has 7 heteroatoms. The first kappa shape index (κ1) is 14.4. The van der Waals surface area contributed by atoms with E-state index in [2.05, 4.69) is 20.4 Å². The van der Waals surface area contributed by atoms with Crippen molar-refractivity contribution in [2.45, 2.75) is 32.5 Å². The second kappa shape index (κ2) is 6.46. The highest BCUT2D eigenvalue weighted by atomic mass is 16.5. The van der Waals surface area contributed by atoms with E-state index < -0.39 is 0 Å². The largest absolute Gasteiger partial charge is 0.493 e. The molecular formula is C15H20N6O. The molecule has 0 fully saturated rings. The summed E-state index contributed by atoms with van der Waals surface area (Å²) in [5.41, 5.74) is 7.12. The first-order chi connectivity index (χ1) is 10.8. The lowest BCUT2D eigenvalue weighted by Crippen LogP contribution is -2.37. The number of fused-ring (bicyclic) bond motifs is 1. The molecule has 0 bridgehead atoms. The molecule has 3 rings (SSSR count). The van der Waals surface area contributed by atoms with Crippen LogP contribution in [0.4, 0.5) is 0 Å². The smallest absolute Gasteiger partial charge is 0.189 e. The standard InChI is InChI=1S/C15H20N6O/c1-2-21-14(18-10-19-21)9-17-15(16)20-12-7-8-22-13-6-4-3-5-11(12)13/h3-6,10,12H,2,7-9H2,1H3,(H3,16,17,20). The SMILES string of the molecule is CCn1ncnc1CN=C(N)NC1CCOc2ccccc21. The molecule has 7 nitrogen and oxygen atoms in total. The Morgan fingerprint density at radius 3 is 3.23 bits per heavy atom. The first-order valence-electron chi connectivity index (χ1n) is 7.42. The molecule has 0 amide bonds. The number of benzene rings is 1. The Balaban J connectivity index is 1.67. The molecule has 1 unspecified atom stereocenters. The van der Waals surface area contributed by atoms with E-state index in [0.29, 0.717) is 19.1 Å². The van der Waals surface area contributed by atoms with E-state index in [1.165, 1.54) is 6.33 Å². The van der Waals surface area contributed by atoms with E-state index in [0.717, 1.165) is 30.1 Å². The number of para-hydroxylation sites is 1. The molecule has 1 aromatic heterocycles. The number of nitrogens with zero attached hydrogens (tertiary/aromatic N) is 4.